The molecular weight excluding hydrogens is 236 g/mol. The molecule has 0 bridgehead atoms. The highest BCUT2D eigenvalue weighted by Crippen LogP contribution is 2.43. The van der Waals surface area contributed by atoms with Gasteiger partial charge in [-0.15, -0.1) is 0 Å². The second-order valence-corrected chi connectivity index (χ2v) is 6.72. The molecule has 0 radical (unpaired) electrons. The Morgan fingerprint density at radius 1 is 1.37 bits per heavy atom. The van der Waals surface area contributed by atoms with Crippen molar-refractivity contribution in [1.82, 2.24) is 4.90 Å². The van der Waals surface area contributed by atoms with E-state index >= 15 is 0 Å². The number of likely N-dealkylation sites (N-methyl/N-ethyl adjacent to an activating group) is 1. The van der Waals surface area contributed by atoms with Crippen molar-refractivity contribution in [1.29, 1.82) is 0 Å². The molecule has 19 heavy (non-hydrogen) atoms. The molecule has 1 saturated carbocycles. The lowest BCUT2D eigenvalue weighted by Crippen LogP contribution is -2.57. The zero-order valence-corrected chi connectivity index (χ0v) is 12.6. The Morgan fingerprint density at radius 2 is 2.16 bits per heavy atom. The van der Waals surface area contributed by atoms with Gasteiger partial charge >= 0.3 is 0 Å². The van der Waals surface area contributed by atoms with Crippen LogP contribution in [-0.2, 0) is 6.54 Å². The van der Waals surface area contributed by atoms with Crippen LogP contribution in [0.5, 0.6) is 0 Å². The molecule has 108 valence electrons. The summed E-state index contributed by atoms with van der Waals surface area (Å²) in [6.07, 6.45) is 6.74. The molecule has 1 aliphatic rings. The quantitative estimate of drug-likeness (QED) is 0.886. The highest BCUT2D eigenvalue weighted by molar-refractivity contribution is 5.03. The van der Waals surface area contributed by atoms with Gasteiger partial charge in [0.1, 0.15) is 5.76 Å². The predicted molar refractivity (Wildman–Crippen MR) is 78.8 cm³/mol. The van der Waals surface area contributed by atoms with Crippen molar-refractivity contribution in [3.8, 4) is 0 Å². The zero-order valence-electron chi connectivity index (χ0n) is 12.6. The summed E-state index contributed by atoms with van der Waals surface area (Å²) in [5.41, 5.74) is 6.73. The topological polar surface area (TPSA) is 42.4 Å². The number of furan rings is 1. The minimum absolute atomic E-state index is 0.142. The van der Waals surface area contributed by atoms with Crippen LogP contribution < -0.4 is 5.73 Å². The van der Waals surface area contributed by atoms with E-state index in [9.17, 15) is 0 Å². The second-order valence-electron chi connectivity index (χ2n) is 6.72. The lowest BCUT2D eigenvalue weighted by molar-refractivity contribution is 0.00371. The second kappa shape index (κ2) is 5.68. The van der Waals surface area contributed by atoms with E-state index in [-0.39, 0.29) is 5.54 Å². The minimum Gasteiger partial charge on any atom is -0.468 e. The number of nitrogens with zero attached hydrogens (tertiary/aromatic N) is 1. The zero-order chi connectivity index (χ0) is 13.9. The molecule has 1 aromatic rings. The maximum absolute atomic E-state index is 6.19. The van der Waals surface area contributed by atoms with E-state index in [4.69, 9.17) is 10.2 Å². The van der Waals surface area contributed by atoms with Gasteiger partial charge in [0.2, 0.25) is 0 Å². The minimum atomic E-state index is 0.142. The predicted octanol–water partition coefficient (Wildman–Crippen LogP) is 3.40. The van der Waals surface area contributed by atoms with Crippen molar-refractivity contribution < 1.29 is 4.42 Å². The number of nitrogens with two attached hydrogens (primary N) is 1. The monoisotopic (exact) mass is 264 g/mol. The van der Waals surface area contributed by atoms with Crippen LogP contribution in [0.2, 0.25) is 0 Å². The van der Waals surface area contributed by atoms with Crippen LogP contribution >= 0.6 is 0 Å². The summed E-state index contributed by atoms with van der Waals surface area (Å²) >= 11 is 0. The largest absolute Gasteiger partial charge is 0.468 e. The first-order valence-corrected chi connectivity index (χ1v) is 7.49. The van der Waals surface area contributed by atoms with Crippen LogP contribution in [0.25, 0.3) is 0 Å². The first-order chi connectivity index (χ1) is 9.01. The van der Waals surface area contributed by atoms with Crippen molar-refractivity contribution in [2.24, 2.45) is 11.1 Å². The summed E-state index contributed by atoms with van der Waals surface area (Å²) in [7, 11) is 0. The number of hydrogen-bond donors (Lipinski definition) is 1. The van der Waals surface area contributed by atoms with Gasteiger partial charge in [0.05, 0.1) is 12.8 Å². The Hall–Kier alpha value is -0.800. The molecule has 2 rings (SSSR count). The molecule has 1 unspecified atom stereocenters. The molecule has 0 aliphatic heterocycles. The molecule has 0 spiro atoms. The Morgan fingerprint density at radius 3 is 2.68 bits per heavy atom. The highest BCUT2D eigenvalue weighted by atomic mass is 16.3. The van der Waals surface area contributed by atoms with Gasteiger partial charge in [-0.2, -0.15) is 0 Å². The third kappa shape index (κ3) is 3.21. The highest BCUT2D eigenvalue weighted by Gasteiger charge is 2.42. The van der Waals surface area contributed by atoms with Gasteiger partial charge in [-0.25, -0.2) is 0 Å². The van der Waals surface area contributed by atoms with Gasteiger partial charge in [-0.3, -0.25) is 4.90 Å². The average Bonchev–Trinajstić information content (AvgIpc) is 2.87. The van der Waals surface area contributed by atoms with Gasteiger partial charge < -0.3 is 10.2 Å². The van der Waals surface area contributed by atoms with Gasteiger partial charge in [0.25, 0.3) is 0 Å². The third-order valence-electron chi connectivity index (χ3n) is 4.66. The summed E-state index contributed by atoms with van der Waals surface area (Å²) in [6, 6.07) is 4.02. The Kier molecular flexibility index (Phi) is 4.36. The lowest BCUT2D eigenvalue weighted by atomic mass is 9.67. The van der Waals surface area contributed by atoms with Crippen molar-refractivity contribution in [3.63, 3.8) is 0 Å². The molecule has 0 saturated heterocycles. The molecule has 3 heteroatoms. The summed E-state index contributed by atoms with van der Waals surface area (Å²) in [4.78, 5) is 2.52. The van der Waals surface area contributed by atoms with Gasteiger partial charge in [0, 0.05) is 12.1 Å². The van der Waals surface area contributed by atoms with Crippen LogP contribution in [-0.4, -0.2) is 23.5 Å². The van der Waals surface area contributed by atoms with Crippen LogP contribution in [0.4, 0.5) is 0 Å². The first-order valence-electron chi connectivity index (χ1n) is 7.49. The molecule has 2 N–H and O–H groups in total. The summed E-state index contributed by atoms with van der Waals surface area (Å²) in [6.45, 7) is 9.60. The van der Waals surface area contributed by atoms with Gasteiger partial charge in [-0.1, -0.05) is 27.2 Å². The summed E-state index contributed by atoms with van der Waals surface area (Å²) in [5, 5.41) is 0. The average molecular weight is 264 g/mol. The van der Waals surface area contributed by atoms with Gasteiger partial charge in [-0.05, 0) is 43.4 Å². The third-order valence-corrected chi connectivity index (χ3v) is 4.66. The van der Waals surface area contributed by atoms with E-state index in [1.54, 1.807) is 6.26 Å². The van der Waals surface area contributed by atoms with E-state index in [2.05, 4.69) is 31.7 Å². The van der Waals surface area contributed by atoms with E-state index in [1.807, 2.05) is 6.07 Å². The van der Waals surface area contributed by atoms with Crippen molar-refractivity contribution in [2.45, 2.75) is 58.5 Å². The number of hydrogen-bond acceptors (Lipinski definition) is 3. The maximum Gasteiger partial charge on any atom is 0.117 e. The molecule has 1 aliphatic carbocycles. The molecule has 0 aromatic carbocycles. The normalized spacial score (nSPS) is 26.8. The molecule has 1 aromatic heterocycles. The van der Waals surface area contributed by atoms with Crippen LogP contribution in [0.1, 0.15) is 52.2 Å². The van der Waals surface area contributed by atoms with E-state index in [0.717, 1.165) is 25.4 Å². The maximum atomic E-state index is 6.19. The lowest BCUT2D eigenvalue weighted by Gasteiger charge is -2.50. The van der Waals surface area contributed by atoms with E-state index in [1.165, 1.54) is 25.7 Å². The van der Waals surface area contributed by atoms with Gasteiger partial charge in [0.15, 0.2) is 0 Å². The van der Waals surface area contributed by atoms with Crippen molar-refractivity contribution in [3.05, 3.63) is 24.2 Å². The summed E-state index contributed by atoms with van der Waals surface area (Å²) < 4.78 is 5.52. The fourth-order valence-corrected chi connectivity index (χ4v) is 3.74. The first kappa shape index (κ1) is 14.6. The molecule has 0 amide bonds. The van der Waals surface area contributed by atoms with Crippen LogP contribution in [0.3, 0.4) is 0 Å². The van der Waals surface area contributed by atoms with Crippen molar-refractivity contribution in [2.75, 3.05) is 13.1 Å². The molecular formula is C16H28N2O. The van der Waals surface area contributed by atoms with Crippen LogP contribution in [0.15, 0.2) is 22.8 Å². The van der Waals surface area contributed by atoms with Crippen molar-refractivity contribution >= 4 is 0 Å². The SMILES string of the molecule is CCN(Cc1ccco1)C1(CN)CCCC(C)(C)C1. The molecule has 3 nitrogen and oxygen atoms in total. The Labute approximate surface area is 117 Å². The fraction of sp³-hybridized carbons (Fsp3) is 0.750. The Bertz CT molecular complexity index is 385. The smallest absolute Gasteiger partial charge is 0.117 e. The molecule has 1 heterocycles. The molecule has 1 atom stereocenters. The fourth-order valence-electron chi connectivity index (χ4n) is 3.74. The van der Waals surface area contributed by atoms with E-state index < -0.39 is 0 Å². The summed E-state index contributed by atoms with van der Waals surface area (Å²) in [5.74, 6) is 1.04. The van der Waals surface area contributed by atoms with Crippen LogP contribution in [0, 0.1) is 5.41 Å². The van der Waals surface area contributed by atoms with E-state index in [0.29, 0.717) is 5.41 Å². The number of rotatable bonds is 5. The standard InChI is InChI=1S/C16H28N2O/c1-4-18(11-14-7-5-10-19-14)16(13-17)9-6-8-15(2,3)12-16/h5,7,10H,4,6,8-9,11-13,17H2,1-3H3. The molecule has 1 fully saturated rings. The Balaban J connectivity index is 2.17.